The number of carbonyl (C=O) groups is 2. The molecule has 0 bridgehead atoms. The number of aromatic nitrogens is 2. The van der Waals surface area contributed by atoms with E-state index in [2.05, 4.69) is 31.2 Å². The number of oxazole rings is 1. The fraction of sp³-hybridized carbons (Fsp3) is 0.103. The van der Waals surface area contributed by atoms with Crippen LogP contribution in [0.4, 0.5) is 18.9 Å². The number of nitrogens with zero attached hydrogens (tertiary/aromatic N) is 2. The second-order valence-electron chi connectivity index (χ2n) is 9.50. The third-order valence-corrected chi connectivity index (χ3v) is 8.48. The summed E-state index contributed by atoms with van der Waals surface area (Å²) in [6, 6.07) is 10.7. The Morgan fingerprint density at radius 2 is 1.68 bits per heavy atom. The number of benzene rings is 3. The number of rotatable bonds is 9. The highest BCUT2D eigenvalue weighted by Crippen LogP contribution is 2.29. The van der Waals surface area contributed by atoms with E-state index < -0.39 is 56.8 Å². The van der Waals surface area contributed by atoms with Gasteiger partial charge in [-0.1, -0.05) is 18.2 Å². The molecule has 0 radical (unpaired) electrons. The molecular weight excluding hydrogens is 669 g/mol. The first-order valence-electron chi connectivity index (χ1n) is 12.6. The van der Waals surface area contributed by atoms with Crippen molar-refractivity contribution in [1.29, 1.82) is 0 Å². The highest BCUT2D eigenvalue weighted by atomic mass is 79.9. The lowest BCUT2D eigenvalue weighted by Crippen LogP contribution is -2.43. The quantitative estimate of drug-likeness (QED) is 0.169. The first-order chi connectivity index (χ1) is 20.8. The van der Waals surface area contributed by atoms with E-state index in [9.17, 15) is 36.3 Å². The molecule has 0 aliphatic rings. The summed E-state index contributed by atoms with van der Waals surface area (Å²) in [5.41, 5.74) is 0.447. The molecule has 0 spiro atoms. The van der Waals surface area contributed by atoms with Crippen molar-refractivity contribution in [3.63, 3.8) is 0 Å². The van der Waals surface area contributed by atoms with Gasteiger partial charge in [-0.25, -0.2) is 32.0 Å². The summed E-state index contributed by atoms with van der Waals surface area (Å²) < 4.78 is 77.3. The van der Waals surface area contributed by atoms with Gasteiger partial charge >= 0.3 is 5.97 Å². The molecule has 226 valence electrons. The van der Waals surface area contributed by atoms with Crippen LogP contribution in [0.1, 0.15) is 21.8 Å². The number of pyridine rings is 1. The zero-order chi connectivity index (χ0) is 31.8. The van der Waals surface area contributed by atoms with Crippen LogP contribution in [0.25, 0.3) is 22.2 Å². The van der Waals surface area contributed by atoms with Crippen LogP contribution >= 0.6 is 15.9 Å². The first kappa shape index (κ1) is 30.7. The van der Waals surface area contributed by atoms with Crippen molar-refractivity contribution in [2.45, 2.75) is 24.3 Å². The van der Waals surface area contributed by atoms with Gasteiger partial charge in [0.25, 0.3) is 15.9 Å². The van der Waals surface area contributed by atoms with E-state index in [1.165, 1.54) is 42.6 Å². The second kappa shape index (κ2) is 12.1. The fourth-order valence-electron chi connectivity index (χ4n) is 4.42. The van der Waals surface area contributed by atoms with Gasteiger partial charge in [-0.15, -0.1) is 0 Å². The molecule has 5 rings (SSSR count). The van der Waals surface area contributed by atoms with E-state index >= 15 is 0 Å². The van der Waals surface area contributed by atoms with Gasteiger partial charge in [0, 0.05) is 25.6 Å². The predicted octanol–water partition coefficient (Wildman–Crippen LogP) is 5.60. The number of halogens is 4. The van der Waals surface area contributed by atoms with E-state index in [1.807, 2.05) is 4.72 Å². The van der Waals surface area contributed by atoms with Crippen LogP contribution in [0.2, 0.25) is 0 Å². The average molecular weight is 689 g/mol. The Morgan fingerprint density at radius 3 is 2.32 bits per heavy atom. The maximum atomic E-state index is 15.0. The molecule has 1 atom stereocenters. The lowest BCUT2D eigenvalue weighted by Gasteiger charge is -2.16. The maximum Gasteiger partial charge on any atom is 0.326 e. The fourth-order valence-corrected chi connectivity index (χ4v) is 5.86. The molecular formula is C29H20BrF3N4O6S. The molecule has 5 aromatic rings. The third kappa shape index (κ3) is 6.43. The van der Waals surface area contributed by atoms with Crippen molar-refractivity contribution >= 4 is 54.6 Å². The number of carbonyl (C=O) groups excluding carboxylic acids is 1. The molecule has 2 aromatic heterocycles. The number of fused-ring (bicyclic) bond motifs is 1. The number of hydrogen-bond acceptors (Lipinski definition) is 7. The summed E-state index contributed by atoms with van der Waals surface area (Å²) >= 11 is 3.32. The smallest absolute Gasteiger partial charge is 0.326 e. The lowest BCUT2D eigenvalue weighted by molar-refractivity contribution is -0.139. The highest BCUT2D eigenvalue weighted by molar-refractivity contribution is 9.10. The topological polar surface area (TPSA) is 151 Å². The molecule has 44 heavy (non-hydrogen) atoms. The van der Waals surface area contributed by atoms with E-state index in [-0.39, 0.29) is 11.3 Å². The van der Waals surface area contributed by atoms with Gasteiger partial charge in [0.2, 0.25) is 5.95 Å². The zero-order valence-corrected chi connectivity index (χ0v) is 24.8. The van der Waals surface area contributed by atoms with E-state index in [4.69, 9.17) is 4.42 Å². The van der Waals surface area contributed by atoms with Gasteiger partial charge in [-0.2, -0.15) is 4.39 Å². The van der Waals surface area contributed by atoms with Gasteiger partial charge in [-0.3, -0.25) is 9.52 Å². The zero-order valence-electron chi connectivity index (χ0n) is 22.4. The summed E-state index contributed by atoms with van der Waals surface area (Å²) in [6.45, 7) is 1.60. The minimum absolute atomic E-state index is 0.257. The van der Waals surface area contributed by atoms with Crippen molar-refractivity contribution in [3.05, 3.63) is 106 Å². The number of aryl methyl sites for hydroxylation is 1. The van der Waals surface area contributed by atoms with E-state index in [0.717, 1.165) is 0 Å². The Balaban J connectivity index is 1.33. The van der Waals surface area contributed by atoms with Crippen LogP contribution in [0.5, 0.6) is 0 Å². The number of nitrogens with one attached hydrogen (secondary N) is 2. The summed E-state index contributed by atoms with van der Waals surface area (Å²) in [5, 5.41) is 11.8. The number of carboxylic acids is 1. The molecule has 15 heteroatoms. The molecule has 0 saturated heterocycles. The lowest BCUT2D eigenvalue weighted by atomic mass is 10.0. The molecule has 3 aromatic carbocycles. The molecule has 3 N–H and O–H groups in total. The van der Waals surface area contributed by atoms with Crippen LogP contribution in [0, 0.1) is 24.5 Å². The minimum atomic E-state index is -4.34. The summed E-state index contributed by atoms with van der Waals surface area (Å²) in [4.78, 5) is 32.2. The van der Waals surface area contributed by atoms with Gasteiger partial charge < -0.3 is 14.8 Å². The summed E-state index contributed by atoms with van der Waals surface area (Å²) in [5.74, 6) is -6.10. The van der Waals surface area contributed by atoms with Gasteiger partial charge in [0.15, 0.2) is 11.5 Å². The minimum Gasteiger partial charge on any atom is -0.480 e. The highest BCUT2D eigenvalue weighted by Gasteiger charge is 2.27. The van der Waals surface area contributed by atoms with Crippen LogP contribution in [0.3, 0.4) is 0 Å². The summed E-state index contributed by atoms with van der Waals surface area (Å²) in [6.07, 6.45) is 0.970. The van der Waals surface area contributed by atoms with Gasteiger partial charge in [0.1, 0.15) is 28.8 Å². The van der Waals surface area contributed by atoms with Crippen molar-refractivity contribution in [1.82, 2.24) is 15.3 Å². The maximum absolute atomic E-state index is 15.0. The molecule has 0 aliphatic heterocycles. The largest absolute Gasteiger partial charge is 0.480 e. The van der Waals surface area contributed by atoms with Crippen LogP contribution < -0.4 is 10.0 Å². The standard InChI is InChI=1S/C29H20BrF3N4O6S/c1-14-35-26-17(4-7-20(30)27(26)43-14)10-23(29(39)40)36-28(38)25-21(31)12-18(13-22(25)32)37-44(41,42)19-5-2-15(3-6-19)16-8-9-34-24(33)11-16/h2-9,11-13,23,37H,10H2,1H3,(H,36,38)(H,39,40). The predicted molar refractivity (Wildman–Crippen MR) is 156 cm³/mol. The van der Waals surface area contributed by atoms with Crippen molar-refractivity contribution < 1.29 is 40.7 Å². The molecule has 0 aliphatic carbocycles. The Hall–Kier alpha value is -4.76. The van der Waals surface area contributed by atoms with Crippen LogP contribution in [-0.4, -0.2) is 41.4 Å². The Kier molecular flexibility index (Phi) is 8.43. The summed E-state index contributed by atoms with van der Waals surface area (Å²) in [7, 11) is -4.34. The third-order valence-electron chi connectivity index (χ3n) is 6.46. The second-order valence-corrected chi connectivity index (χ2v) is 12.0. The molecule has 1 amide bonds. The number of amides is 1. The number of anilines is 1. The monoisotopic (exact) mass is 688 g/mol. The molecule has 1 unspecified atom stereocenters. The number of aliphatic carboxylic acids is 1. The average Bonchev–Trinajstić information content (AvgIpc) is 3.36. The Bertz CT molecular complexity index is 2010. The molecule has 10 nitrogen and oxygen atoms in total. The SMILES string of the molecule is Cc1nc2c(CC(NC(=O)c3c(F)cc(NS(=O)(=O)c4ccc(-c5ccnc(F)c5)cc4)cc3F)C(=O)O)ccc(Br)c2o1. The Morgan fingerprint density at radius 1 is 1.00 bits per heavy atom. The van der Waals surface area contributed by atoms with E-state index in [0.29, 0.717) is 50.3 Å². The van der Waals surface area contributed by atoms with E-state index in [1.54, 1.807) is 19.1 Å². The number of carboxylic acid groups (broad SMARTS) is 1. The Labute approximate surface area is 256 Å². The van der Waals surface area contributed by atoms with Crippen LogP contribution in [0.15, 0.2) is 80.6 Å². The molecule has 2 heterocycles. The van der Waals surface area contributed by atoms with Crippen LogP contribution in [-0.2, 0) is 21.2 Å². The number of sulfonamides is 1. The number of hydrogen-bond donors (Lipinski definition) is 3. The van der Waals surface area contributed by atoms with Gasteiger partial charge in [-0.05, 0) is 69.0 Å². The molecule has 0 fully saturated rings. The normalized spacial score (nSPS) is 12.2. The van der Waals surface area contributed by atoms with Crippen molar-refractivity contribution in [3.8, 4) is 11.1 Å². The van der Waals surface area contributed by atoms with Gasteiger partial charge in [0.05, 0.1) is 15.1 Å². The first-order valence-corrected chi connectivity index (χ1v) is 14.9. The van der Waals surface area contributed by atoms with Crippen molar-refractivity contribution in [2.75, 3.05) is 4.72 Å². The van der Waals surface area contributed by atoms with Crippen molar-refractivity contribution in [2.24, 2.45) is 0 Å². The molecule has 0 saturated carbocycles.